The SMILES string of the molecule is COC(=O)CCCC/C=C\CCCCCO. The van der Waals surface area contributed by atoms with Crippen molar-refractivity contribution in [1.82, 2.24) is 0 Å². The molecule has 0 aromatic rings. The van der Waals surface area contributed by atoms with Gasteiger partial charge < -0.3 is 9.84 Å². The maximum Gasteiger partial charge on any atom is 0.305 e. The topological polar surface area (TPSA) is 46.5 Å². The molecule has 0 atom stereocenters. The van der Waals surface area contributed by atoms with Crippen LogP contribution in [0.5, 0.6) is 0 Å². The molecule has 0 unspecified atom stereocenters. The van der Waals surface area contributed by atoms with Gasteiger partial charge >= 0.3 is 5.97 Å². The second kappa shape index (κ2) is 12.2. The number of hydrogen-bond donors (Lipinski definition) is 1. The van der Waals surface area contributed by atoms with Gasteiger partial charge in [-0.15, -0.1) is 0 Å². The molecule has 0 amide bonds. The maximum atomic E-state index is 10.8. The molecule has 0 radical (unpaired) electrons. The van der Waals surface area contributed by atoms with E-state index in [4.69, 9.17) is 5.11 Å². The Kier molecular flexibility index (Phi) is 11.6. The minimum Gasteiger partial charge on any atom is -0.469 e. The van der Waals surface area contributed by atoms with E-state index in [0.29, 0.717) is 13.0 Å². The lowest BCUT2D eigenvalue weighted by Gasteiger charge is -1.97. The van der Waals surface area contributed by atoms with E-state index in [0.717, 1.165) is 44.9 Å². The molecule has 0 saturated heterocycles. The first-order valence-corrected chi connectivity index (χ1v) is 6.14. The Hall–Kier alpha value is -0.830. The number of carbonyl (C=O) groups excluding carboxylic acids is 1. The molecule has 0 heterocycles. The Bertz CT molecular complexity index is 188. The van der Waals surface area contributed by atoms with E-state index in [2.05, 4.69) is 16.9 Å². The van der Waals surface area contributed by atoms with Crippen LogP contribution in [0, 0.1) is 0 Å². The second-order valence-electron chi connectivity index (χ2n) is 3.87. The summed E-state index contributed by atoms with van der Waals surface area (Å²) in [4.78, 5) is 10.8. The molecule has 0 spiro atoms. The first-order chi connectivity index (χ1) is 7.81. The van der Waals surface area contributed by atoms with E-state index in [9.17, 15) is 4.79 Å². The van der Waals surface area contributed by atoms with E-state index in [1.54, 1.807) is 0 Å². The summed E-state index contributed by atoms with van der Waals surface area (Å²) >= 11 is 0. The summed E-state index contributed by atoms with van der Waals surface area (Å²) in [5.74, 6) is -0.118. The summed E-state index contributed by atoms with van der Waals surface area (Å²) in [6.07, 6.45) is 12.1. The Morgan fingerprint density at radius 2 is 1.69 bits per heavy atom. The number of aliphatic hydroxyl groups is 1. The normalized spacial score (nSPS) is 10.9. The van der Waals surface area contributed by atoms with Crippen LogP contribution in [0.4, 0.5) is 0 Å². The van der Waals surface area contributed by atoms with E-state index < -0.39 is 0 Å². The van der Waals surface area contributed by atoms with Crippen molar-refractivity contribution in [2.24, 2.45) is 0 Å². The molecule has 0 aliphatic carbocycles. The number of unbranched alkanes of at least 4 members (excludes halogenated alkanes) is 5. The average molecular weight is 228 g/mol. The lowest BCUT2D eigenvalue weighted by atomic mass is 10.1. The van der Waals surface area contributed by atoms with E-state index in [1.165, 1.54) is 7.11 Å². The summed E-state index contributed by atoms with van der Waals surface area (Å²) in [5, 5.41) is 8.58. The molecule has 0 aromatic heterocycles. The van der Waals surface area contributed by atoms with Crippen molar-refractivity contribution >= 4 is 5.97 Å². The van der Waals surface area contributed by atoms with Gasteiger partial charge in [-0.2, -0.15) is 0 Å². The Labute approximate surface area is 98.5 Å². The fourth-order valence-electron chi connectivity index (χ4n) is 1.42. The molecule has 94 valence electrons. The van der Waals surface area contributed by atoms with Crippen molar-refractivity contribution in [3.8, 4) is 0 Å². The molecule has 0 fully saturated rings. The third-order valence-electron chi connectivity index (χ3n) is 2.42. The highest BCUT2D eigenvalue weighted by Crippen LogP contribution is 2.04. The van der Waals surface area contributed by atoms with Crippen LogP contribution in [0.2, 0.25) is 0 Å². The average Bonchev–Trinajstić information content (AvgIpc) is 2.31. The first-order valence-electron chi connectivity index (χ1n) is 6.14. The van der Waals surface area contributed by atoms with Crippen LogP contribution in [-0.2, 0) is 9.53 Å². The van der Waals surface area contributed by atoms with Gasteiger partial charge in [0.25, 0.3) is 0 Å². The molecule has 16 heavy (non-hydrogen) atoms. The summed E-state index contributed by atoms with van der Waals surface area (Å²) < 4.78 is 4.56. The summed E-state index contributed by atoms with van der Waals surface area (Å²) in [6, 6.07) is 0. The van der Waals surface area contributed by atoms with Crippen LogP contribution < -0.4 is 0 Å². The molecule has 3 nitrogen and oxygen atoms in total. The minimum atomic E-state index is -0.118. The van der Waals surface area contributed by atoms with Crippen molar-refractivity contribution in [2.75, 3.05) is 13.7 Å². The van der Waals surface area contributed by atoms with Crippen LogP contribution in [0.3, 0.4) is 0 Å². The van der Waals surface area contributed by atoms with Gasteiger partial charge in [0, 0.05) is 13.0 Å². The predicted molar refractivity (Wildman–Crippen MR) is 65.2 cm³/mol. The molecule has 1 N–H and O–H groups in total. The lowest BCUT2D eigenvalue weighted by Crippen LogP contribution is -1.98. The summed E-state index contributed by atoms with van der Waals surface area (Å²) in [6.45, 7) is 0.303. The third kappa shape index (κ3) is 11.2. The van der Waals surface area contributed by atoms with Gasteiger partial charge in [0.15, 0.2) is 0 Å². The molecule has 0 aromatic carbocycles. The largest absolute Gasteiger partial charge is 0.469 e. The van der Waals surface area contributed by atoms with Gasteiger partial charge in [-0.25, -0.2) is 0 Å². The van der Waals surface area contributed by atoms with E-state index in [1.807, 2.05) is 0 Å². The zero-order chi connectivity index (χ0) is 12.1. The van der Waals surface area contributed by atoms with E-state index in [-0.39, 0.29) is 5.97 Å². The molecule has 0 aliphatic heterocycles. The summed E-state index contributed by atoms with van der Waals surface area (Å²) in [7, 11) is 1.43. The van der Waals surface area contributed by atoms with Crippen LogP contribution >= 0.6 is 0 Å². The molecule has 0 bridgehead atoms. The van der Waals surface area contributed by atoms with Crippen LogP contribution in [0.1, 0.15) is 51.4 Å². The number of carbonyl (C=O) groups is 1. The van der Waals surface area contributed by atoms with Crippen molar-refractivity contribution in [3.05, 3.63) is 12.2 Å². The van der Waals surface area contributed by atoms with Crippen LogP contribution in [0.15, 0.2) is 12.2 Å². The number of ether oxygens (including phenoxy) is 1. The summed E-state index contributed by atoms with van der Waals surface area (Å²) in [5.41, 5.74) is 0. The highest BCUT2D eigenvalue weighted by Gasteiger charge is 1.97. The highest BCUT2D eigenvalue weighted by atomic mass is 16.5. The molecule has 0 saturated carbocycles. The smallest absolute Gasteiger partial charge is 0.305 e. The van der Waals surface area contributed by atoms with Gasteiger partial charge in [-0.05, 0) is 38.5 Å². The maximum absolute atomic E-state index is 10.8. The number of allylic oxidation sites excluding steroid dienone is 2. The zero-order valence-corrected chi connectivity index (χ0v) is 10.3. The van der Waals surface area contributed by atoms with Crippen molar-refractivity contribution in [1.29, 1.82) is 0 Å². The minimum absolute atomic E-state index is 0.118. The second-order valence-corrected chi connectivity index (χ2v) is 3.87. The zero-order valence-electron chi connectivity index (χ0n) is 10.3. The molecule has 0 rings (SSSR count). The predicted octanol–water partition coefficient (Wildman–Crippen LogP) is 2.83. The number of hydrogen-bond acceptors (Lipinski definition) is 3. The van der Waals surface area contributed by atoms with Crippen molar-refractivity contribution in [2.45, 2.75) is 51.4 Å². The fraction of sp³-hybridized carbons (Fsp3) is 0.769. The van der Waals surface area contributed by atoms with E-state index >= 15 is 0 Å². The van der Waals surface area contributed by atoms with Gasteiger partial charge in [0.05, 0.1) is 7.11 Å². The molecular weight excluding hydrogens is 204 g/mol. The van der Waals surface area contributed by atoms with Crippen LogP contribution in [-0.4, -0.2) is 24.8 Å². The monoisotopic (exact) mass is 228 g/mol. The van der Waals surface area contributed by atoms with Crippen molar-refractivity contribution in [3.63, 3.8) is 0 Å². The van der Waals surface area contributed by atoms with Crippen LogP contribution in [0.25, 0.3) is 0 Å². The Balaban J connectivity index is 3.12. The number of esters is 1. The number of aliphatic hydroxyl groups excluding tert-OH is 1. The van der Waals surface area contributed by atoms with Gasteiger partial charge in [-0.1, -0.05) is 18.6 Å². The standard InChI is InChI=1S/C13H24O3/c1-16-13(15)11-9-7-5-3-2-4-6-8-10-12-14/h2-3,14H,4-12H2,1H3/b3-2-. The van der Waals surface area contributed by atoms with Crippen molar-refractivity contribution < 1.29 is 14.6 Å². The third-order valence-corrected chi connectivity index (χ3v) is 2.42. The number of methoxy groups -OCH3 is 1. The first kappa shape index (κ1) is 15.2. The van der Waals surface area contributed by atoms with Gasteiger partial charge in [-0.3, -0.25) is 4.79 Å². The fourth-order valence-corrected chi connectivity index (χ4v) is 1.42. The molecule has 0 aliphatic rings. The molecular formula is C13H24O3. The number of rotatable bonds is 10. The van der Waals surface area contributed by atoms with Gasteiger partial charge in [0.2, 0.25) is 0 Å². The lowest BCUT2D eigenvalue weighted by molar-refractivity contribution is -0.140. The van der Waals surface area contributed by atoms with Gasteiger partial charge in [0.1, 0.15) is 0 Å². The molecule has 3 heteroatoms. The highest BCUT2D eigenvalue weighted by molar-refractivity contribution is 5.68. The quantitative estimate of drug-likeness (QED) is 0.355. The Morgan fingerprint density at radius 1 is 1.06 bits per heavy atom. The Morgan fingerprint density at radius 3 is 2.25 bits per heavy atom.